The highest BCUT2D eigenvalue weighted by atomic mass is 35.5. The number of nitrogens with zero attached hydrogens (tertiary/aromatic N) is 5. The Morgan fingerprint density at radius 2 is 1.31 bits per heavy atom. The molecule has 0 radical (unpaired) electrons. The Hall–Kier alpha value is -6.85. The van der Waals surface area contributed by atoms with Gasteiger partial charge in [-0.25, -0.2) is 9.78 Å². The first-order valence-corrected chi connectivity index (χ1v) is 22.8. The zero-order chi connectivity index (χ0) is 44.2. The van der Waals surface area contributed by atoms with Crippen LogP contribution in [0.2, 0.25) is 4.34 Å². The van der Waals surface area contributed by atoms with Gasteiger partial charge in [-0.15, -0.1) is 10.2 Å². The molecule has 2 aliphatic rings. The molecular weight excluding hydrogens is 888 g/mol. The summed E-state index contributed by atoms with van der Waals surface area (Å²) in [6.07, 6.45) is -0.0534. The van der Waals surface area contributed by atoms with Crippen LogP contribution < -0.4 is 16.8 Å². The first-order chi connectivity index (χ1) is 31.2. The van der Waals surface area contributed by atoms with Gasteiger partial charge in [0.15, 0.2) is 21.3 Å². The number of rotatable bonds is 14. The normalized spacial score (nSPS) is 16.2. The van der Waals surface area contributed by atoms with E-state index in [-0.39, 0.29) is 31.7 Å². The quantitative estimate of drug-likeness (QED) is 0.0313. The summed E-state index contributed by atoms with van der Waals surface area (Å²) in [4.78, 5) is 56.7. The third-order valence-corrected chi connectivity index (χ3v) is 13.8. The minimum Gasteiger partial charge on any atom is -0.448 e. The summed E-state index contributed by atoms with van der Waals surface area (Å²) >= 11 is 10.0. The molecule has 1 fully saturated rings. The molecule has 320 valence electrons. The molecule has 17 heteroatoms. The number of nitrogen functional groups attached to an aromatic ring is 2. The molecule has 64 heavy (non-hydrogen) atoms. The van der Waals surface area contributed by atoms with Crippen molar-refractivity contribution < 1.29 is 24.0 Å². The fourth-order valence-corrected chi connectivity index (χ4v) is 10.7. The lowest BCUT2D eigenvalue weighted by molar-refractivity contribution is -0.158. The van der Waals surface area contributed by atoms with Gasteiger partial charge in [-0.1, -0.05) is 203 Å². The number of hydrogen-bond donors (Lipinski definition) is 3. The molecule has 13 nitrogen and oxygen atoms in total. The third-order valence-electron chi connectivity index (χ3n) is 10.8. The Balaban J connectivity index is 1.06. The standard InChI is InChI=1S/C47H37ClN8O5S3/c48-40-36(52-44(49)63-40)37(55-61-47(30-20-10-3-11-21-30,31-22-12-4-13-23-31)32-24-14-5-15-25-32)41(57)51-35-33-26-27-34(62-46-54-53-45(50)64-46)38(56(33)42(35)58)43(59)60-39(28-16-6-1-7-17-28)29-18-8-2-9-19-29/h1-25,33,35,39H,26-27H2,(H2,49,52)(H2,50,53)(H,51,57)/b55-37-/t33-,35+/m1/s1. The summed E-state index contributed by atoms with van der Waals surface area (Å²) in [6, 6.07) is 45.5. The zero-order valence-electron chi connectivity index (χ0n) is 33.6. The Kier molecular flexibility index (Phi) is 12.3. The van der Waals surface area contributed by atoms with E-state index in [4.69, 9.17) is 32.6 Å². The van der Waals surface area contributed by atoms with Crippen LogP contribution in [0.5, 0.6) is 0 Å². The van der Waals surface area contributed by atoms with E-state index < -0.39 is 41.6 Å². The number of nitrogens with two attached hydrogens (primary N) is 2. The van der Waals surface area contributed by atoms with Crippen LogP contribution in [-0.4, -0.2) is 55.7 Å². The number of ether oxygens (including phenoxy) is 1. The maximum atomic E-state index is 14.7. The van der Waals surface area contributed by atoms with Crippen molar-refractivity contribution in [2.45, 2.75) is 41.0 Å². The Labute approximate surface area is 384 Å². The summed E-state index contributed by atoms with van der Waals surface area (Å²) in [7, 11) is 0. The van der Waals surface area contributed by atoms with Gasteiger partial charge in [0.05, 0.1) is 6.04 Å². The number of benzene rings is 5. The molecule has 0 spiro atoms. The van der Waals surface area contributed by atoms with Gasteiger partial charge in [0.25, 0.3) is 11.8 Å². The first-order valence-electron chi connectivity index (χ1n) is 20.0. The Bertz CT molecular complexity index is 2730. The van der Waals surface area contributed by atoms with Crippen LogP contribution in [0, 0.1) is 0 Å². The average Bonchev–Trinajstić information content (AvgIpc) is 3.91. The van der Waals surface area contributed by atoms with E-state index in [0.717, 1.165) is 50.5 Å². The van der Waals surface area contributed by atoms with E-state index in [9.17, 15) is 14.4 Å². The second-order valence-corrected chi connectivity index (χ2v) is 18.6. The van der Waals surface area contributed by atoms with E-state index in [1.165, 1.54) is 16.7 Å². The summed E-state index contributed by atoms with van der Waals surface area (Å²) in [5, 5.41) is 15.9. The first kappa shape index (κ1) is 42.5. The third kappa shape index (κ3) is 8.35. The average molecular weight is 926 g/mol. The van der Waals surface area contributed by atoms with E-state index in [1.54, 1.807) is 0 Å². The van der Waals surface area contributed by atoms with Crippen LogP contribution >= 0.6 is 46.0 Å². The molecule has 9 rings (SSSR count). The number of anilines is 2. The van der Waals surface area contributed by atoms with E-state index in [2.05, 4.69) is 25.7 Å². The number of oxime groups is 1. The highest BCUT2D eigenvalue weighted by molar-refractivity contribution is 8.04. The number of aromatic nitrogens is 3. The molecule has 1 saturated heterocycles. The SMILES string of the molecule is Nc1nnc(SC2=C(C(=O)OC(c3ccccc3)c3ccccc3)N3C(=O)[C@@H](NC(=O)/C(=N\OC(c4ccccc4)(c4ccccc4)c4ccccc4)c4nc(N)sc4Cl)[C@H]3CC2)s1. The van der Waals surface area contributed by atoms with Gasteiger partial charge in [0, 0.05) is 21.6 Å². The molecule has 4 heterocycles. The number of carbonyl (C=O) groups is 3. The molecule has 0 saturated carbocycles. The number of β-lactam (4-membered cyclic amide) rings is 1. The van der Waals surface area contributed by atoms with Crippen LogP contribution in [0.1, 0.15) is 52.5 Å². The van der Waals surface area contributed by atoms with Crippen molar-refractivity contribution in [2.75, 3.05) is 11.5 Å². The summed E-state index contributed by atoms with van der Waals surface area (Å²) in [5.74, 6) is -2.05. The lowest BCUT2D eigenvalue weighted by Gasteiger charge is -2.50. The Morgan fingerprint density at radius 1 is 0.781 bits per heavy atom. The van der Waals surface area contributed by atoms with Gasteiger partial charge >= 0.3 is 5.97 Å². The number of amides is 2. The highest BCUT2D eigenvalue weighted by Gasteiger charge is 2.54. The largest absolute Gasteiger partial charge is 0.448 e. The molecule has 2 atom stereocenters. The van der Waals surface area contributed by atoms with Crippen molar-refractivity contribution in [2.24, 2.45) is 5.16 Å². The van der Waals surface area contributed by atoms with Crippen LogP contribution in [0.4, 0.5) is 10.3 Å². The van der Waals surface area contributed by atoms with E-state index in [0.29, 0.717) is 22.1 Å². The fraction of sp³-hybridized carbons (Fsp3) is 0.128. The van der Waals surface area contributed by atoms with Crippen molar-refractivity contribution in [1.82, 2.24) is 25.4 Å². The second kappa shape index (κ2) is 18.5. The molecule has 5 aromatic carbocycles. The fourth-order valence-electron chi connectivity index (χ4n) is 7.89. The van der Waals surface area contributed by atoms with Gasteiger partial charge in [0.1, 0.15) is 21.8 Å². The lowest BCUT2D eigenvalue weighted by atomic mass is 9.80. The van der Waals surface area contributed by atoms with Crippen LogP contribution in [0.15, 0.2) is 172 Å². The number of thiazole rings is 1. The molecular formula is C47H37ClN8O5S3. The maximum Gasteiger partial charge on any atom is 0.356 e. The number of esters is 1. The van der Waals surface area contributed by atoms with Crippen LogP contribution in [0.3, 0.4) is 0 Å². The predicted molar refractivity (Wildman–Crippen MR) is 248 cm³/mol. The summed E-state index contributed by atoms with van der Waals surface area (Å²) in [5.41, 5.74) is 14.0. The zero-order valence-corrected chi connectivity index (χ0v) is 36.8. The maximum absolute atomic E-state index is 14.7. The molecule has 0 bridgehead atoms. The van der Waals surface area contributed by atoms with Crippen molar-refractivity contribution in [3.05, 3.63) is 200 Å². The predicted octanol–water partition coefficient (Wildman–Crippen LogP) is 8.35. The van der Waals surface area contributed by atoms with Gasteiger partial charge < -0.3 is 26.4 Å². The van der Waals surface area contributed by atoms with Crippen LogP contribution in [0.25, 0.3) is 0 Å². The molecule has 7 aromatic rings. The van der Waals surface area contributed by atoms with Crippen molar-refractivity contribution >= 4 is 79.8 Å². The van der Waals surface area contributed by atoms with Crippen LogP contribution in [-0.2, 0) is 29.6 Å². The Morgan fingerprint density at radius 3 is 1.80 bits per heavy atom. The van der Waals surface area contributed by atoms with Crippen molar-refractivity contribution in [3.63, 3.8) is 0 Å². The minimum absolute atomic E-state index is 0.0240. The number of carbonyl (C=O) groups excluding carboxylic acids is 3. The number of fused-ring (bicyclic) bond motifs is 1. The number of halogens is 1. The van der Waals surface area contributed by atoms with Crippen molar-refractivity contribution in [3.8, 4) is 0 Å². The summed E-state index contributed by atoms with van der Waals surface area (Å²) in [6.45, 7) is 0. The van der Waals surface area contributed by atoms with E-state index in [1.807, 2.05) is 152 Å². The van der Waals surface area contributed by atoms with Gasteiger partial charge in [-0.3, -0.25) is 14.5 Å². The molecule has 2 amide bonds. The van der Waals surface area contributed by atoms with Gasteiger partial charge in [-0.2, -0.15) is 0 Å². The molecule has 2 aliphatic heterocycles. The molecule has 0 aliphatic carbocycles. The van der Waals surface area contributed by atoms with Crippen molar-refractivity contribution in [1.29, 1.82) is 0 Å². The highest BCUT2D eigenvalue weighted by Crippen LogP contribution is 2.46. The lowest BCUT2D eigenvalue weighted by Crippen LogP contribution is -2.72. The molecule has 5 N–H and O–H groups in total. The number of allylic oxidation sites excluding steroid dienone is 1. The topological polar surface area (TPSA) is 188 Å². The molecule has 2 aromatic heterocycles. The van der Waals surface area contributed by atoms with Gasteiger partial charge in [-0.05, 0) is 24.0 Å². The number of hydrogen-bond acceptors (Lipinski definition) is 14. The summed E-state index contributed by atoms with van der Waals surface area (Å²) < 4.78 is 6.91. The number of nitrogens with one attached hydrogen (secondary N) is 1. The molecule has 0 unspecified atom stereocenters. The van der Waals surface area contributed by atoms with E-state index >= 15 is 0 Å². The second-order valence-electron chi connectivity index (χ2n) is 14.6. The monoisotopic (exact) mass is 924 g/mol. The van der Waals surface area contributed by atoms with Gasteiger partial charge in [0.2, 0.25) is 10.7 Å². The smallest absolute Gasteiger partial charge is 0.356 e. The number of thioether (sulfide) groups is 1. The minimum atomic E-state index is -1.36.